The Kier molecular flexibility index (Phi) is 4.17. The Hall–Kier alpha value is 0.790. The van der Waals surface area contributed by atoms with Gasteiger partial charge in [-0.1, -0.05) is 52.4 Å². The second kappa shape index (κ2) is 3.75. The molecule has 0 fully saturated rings. The largest absolute Gasteiger partial charge is 0.0833 e. The highest BCUT2D eigenvalue weighted by Crippen LogP contribution is 2.17. The molecule has 0 aromatic carbocycles. The quantitative estimate of drug-likeness (QED) is 0.494. The summed E-state index contributed by atoms with van der Waals surface area (Å²) in [6.07, 6.45) is 0. The van der Waals surface area contributed by atoms with E-state index in [4.69, 9.17) is 23.2 Å². The van der Waals surface area contributed by atoms with E-state index in [2.05, 4.69) is 6.58 Å². The number of halogens is 3. The van der Waals surface area contributed by atoms with Gasteiger partial charge >= 0.3 is 0 Å². The summed E-state index contributed by atoms with van der Waals surface area (Å²) in [7, 11) is 0. The van der Waals surface area contributed by atoms with Crippen molar-refractivity contribution in [2.75, 3.05) is 0 Å². The van der Waals surface area contributed by atoms with Crippen LogP contribution in [-0.4, -0.2) is 0 Å². The average molecular weight is 249 g/mol. The minimum Gasteiger partial charge on any atom is -0.0833 e. The van der Waals surface area contributed by atoms with Gasteiger partial charge in [-0.05, 0) is 4.08 Å². The molecule has 0 rings (SSSR count). The highest BCUT2D eigenvalue weighted by atomic mass is 127. The van der Waals surface area contributed by atoms with Crippen molar-refractivity contribution in [1.29, 1.82) is 0 Å². The molecule has 0 saturated heterocycles. The molecule has 0 aromatic heterocycles. The van der Waals surface area contributed by atoms with Gasteiger partial charge in [-0.2, -0.15) is 0 Å². The van der Waals surface area contributed by atoms with Crippen molar-refractivity contribution in [3.63, 3.8) is 0 Å². The van der Waals surface area contributed by atoms with Crippen LogP contribution in [0.5, 0.6) is 0 Å². The molecule has 0 aliphatic rings. The predicted octanol–water partition coefficient (Wildman–Crippen LogP) is 3.25. The second-order valence-electron chi connectivity index (χ2n) is 0.862. The van der Waals surface area contributed by atoms with Crippen LogP contribution in [0.3, 0.4) is 0 Å². The van der Waals surface area contributed by atoms with Gasteiger partial charge in [-0.25, -0.2) is 0 Å². The highest BCUT2D eigenvalue weighted by molar-refractivity contribution is 14.1. The number of hydrogen-bond donors (Lipinski definition) is 0. The summed E-state index contributed by atoms with van der Waals surface area (Å²) >= 11 is 12.7. The zero-order valence-electron chi connectivity index (χ0n) is 3.42. The molecule has 0 saturated carbocycles. The van der Waals surface area contributed by atoms with E-state index in [9.17, 15) is 0 Å². The first-order chi connectivity index (χ1) is 3.18. The minimum atomic E-state index is 0.385. The number of rotatable bonds is 1. The van der Waals surface area contributed by atoms with Crippen LogP contribution in [0.25, 0.3) is 0 Å². The lowest BCUT2D eigenvalue weighted by Crippen LogP contribution is -1.61. The van der Waals surface area contributed by atoms with Gasteiger partial charge in [0.15, 0.2) is 0 Å². The Morgan fingerprint density at radius 2 is 2.00 bits per heavy atom. The molecule has 0 radical (unpaired) electrons. The van der Waals surface area contributed by atoms with E-state index in [1.54, 1.807) is 4.08 Å². The minimum absolute atomic E-state index is 0.385. The number of hydrogen-bond acceptors (Lipinski definition) is 0. The molecule has 7 heavy (non-hydrogen) atoms. The van der Waals surface area contributed by atoms with Crippen LogP contribution in [0, 0.1) is 0 Å². The Morgan fingerprint density at radius 3 is 2.00 bits per heavy atom. The van der Waals surface area contributed by atoms with Crippen LogP contribution in [0.2, 0.25) is 0 Å². The average Bonchev–Trinajstić information content (AvgIpc) is 1.65. The van der Waals surface area contributed by atoms with E-state index in [1.165, 1.54) is 0 Å². The smallest absolute Gasteiger partial charge is 0.0646 e. The van der Waals surface area contributed by atoms with Crippen molar-refractivity contribution in [2.24, 2.45) is 0 Å². The van der Waals surface area contributed by atoms with Gasteiger partial charge in [0.25, 0.3) is 0 Å². The summed E-state index contributed by atoms with van der Waals surface area (Å²) in [6.45, 7) is 3.39. The summed E-state index contributed by atoms with van der Waals surface area (Å²) in [5.74, 6) is 0. The zero-order chi connectivity index (χ0) is 5.86. The van der Waals surface area contributed by atoms with Crippen LogP contribution in [0.4, 0.5) is 0 Å². The van der Waals surface area contributed by atoms with Crippen molar-refractivity contribution in [3.8, 4) is 0 Å². The maximum absolute atomic E-state index is 5.42. The molecule has 0 nitrogen and oxygen atoms in total. The van der Waals surface area contributed by atoms with Crippen molar-refractivity contribution < 1.29 is 0 Å². The fourth-order valence-electron chi connectivity index (χ4n) is 0.0592. The first-order valence-electron chi connectivity index (χ1n) is 1.49. The SMILES string of the molecule is C=C(Cl)C(Cl)=CI. The van der Waals surface area contributed by atoms with Crippen LogP contribution in [0.15, 0.2) is 20.7 Å². The van der Waals surface area contributed by atoms with Crippen LogP contribution in [0.1, 0.15) is 0 Å². The standard InChI is InChI=1S/C4H3Cl2I/c1-3(5)4(6)2-7/h2H,1H2. The van der Waals surface area contributed by atoms with E-state index in [0.29, 0.717) is 10.1 Å². The summed E-state index contributed by atoms with van der Waals surface area (Å²) in [5, 5.41) is 0.887. The molecule has 0 unspecified atom stereocenters. The summed E-state index contributed by atoms with van der Waals surface area (Å²) in [6, 6.07) is 0. The van der Waals surface area contributed by atoms with E-state index < -0.39 is 0 Å². The Bertz CT molecular complexity index is 106. The Labute approximate surface area is 66.3 Å². The fourth-order valence-corrected chi connectivity index (χ4v) is 0.674. The van der Waals surface area contributed by atoms with Crippen molar-refractivity contribution in [1.82, 2.24) is 0 Å². The summed E-state index contributed by atoms with van der Waals surface area (Å²) in [4.78, 5) is 0. The molecule has 0 amide bonds. The molecule has 0 aliphatic heterocycles. The molecular weight excluding hydrogens is 246 g/mol. The summed E-state index contributed by atoms with van der Waals surface area (Å²) in [5.41, 5.74) is 0. The van der Waals surface area contributed by atoms with Gasteiger partial charge in [-0.15, -0.1) is 0 Å². The third-order valence-electron chi connectivity index (χ3n) is 0.355. The molecule has 0 bridgehead atoms. The lowest BCUT2D eigenvalue weighted by atomic mass is 10.6. The maximum Gasteiger partial charge on any atom is 0.0646 e. The van der Waals surface area contributed by atoms with Crippen LogP contribution < -0.4 is 0 Å². The van der Waals surface area contributed by atoms with Crippen molar-refractivity contribution >= 4 is 45.8 Å². The Balaban J connectivity index is 3.82. The van der Waals surface area contributed by atoms with Crippen LogP contribution >= 0.6 is 45.8 Å². The molecule has 3 heteroatoms. The monoisotopic (exact) mass is 248 g/mol. The third kappa shape index (κ3) is 3.38. The second-order valence-corrected chi connectivity index (χ2v) is 2.35. The predicted molar refractivity (Wildman–Crippen MR) is 42.9 cm³/mol. The van der Waals surface area contributed by atoms with E-state index >= 15 is 0 Å². The molecule has 40 valence electrons. The molecule has 0 N–H and O–H groups in total. The van der Waals surface area contributed by atoms with Gasteiger partial charge < -0.3 is 0 Å². The fraction of sp³-hybridized carbons (Fsp3) is 0. The van der Waals surface area contributed by atoms with E-state index in [1.807, 2.05) is 22.6 Å². The highest BCUT2D eigenvalue weighted by Gasteiger charge is 1.88. The molecule has 0 atom stereocenters. The van der Waals surface area contributed by atoms with Gasteiger partial charge in [0.1, 0.15) is 0 Å². The topological polar surface area (TPSA) is 0 Å². The van der Waals surface area contributed by atoms with Gasteiger partial charge in [0.05, 0.1) is 10.1 Å². The first-order valence-corrected chi connectivity index (χ1v) is 3.49. The molecule has 0 heterocycles. The first kappa shape index (κ1) is 7.79. The number of allylic oxidation sites excluding steroid dienone is 2. The molecular formula is C4H3Cl2I. The van der Waals surface area contributed by atoms with Crippen molar-refractivity contribution in [3.05, 3.63) is 20.7 Å². The zero-order valence-corrected chi connectivity index (χ0v) is 7.09. The maximum atomic E-state index is 5.42. The van der Waals surface area contributed by atoms with Gasteiger partial charge in [-0.3, -0.25) is 0 Å². The molecule has 0 spiro atoms. The third-order valence-corrected chi connectivity index (χ3v) is 1.98. The van der Waals surface area contributed by atoms with Gasteiger partial charge in [0, 0.05) is 0 Å². The lowest BCUT2D eigenvalue weighted by Gasteiger charge is -1.84. The van der Waals surface area contributed by atoms with Crippen molar-refractivity contribution in [2.45, 2.75) is 0 Å². The normalized spacial score (nSPS) is 11.6. The summed E-state index contributed by atoms with van der Waals surface area (Å²) < 4.78 is 1.66. The van der Waals surface area contributed by atoms with Gasteiger partial charge in [0.2, 0.25) is 0 Å². The lowest BCUT2D eigenvalue weighted by molar-refractivity contribution is 1.93. The van der Waals surface area contributed by atoms with E-state index in [0.717, 1.165) is 0 Å². The van der Waals surface area contributed by atoms with Crippen LogP contribution in [-0.2, 0) is 0 Å². The molecule has 0 aliphatic carbocycles. The Morgan fingerprint density at radius 1 is 1.57 bits per heavy atom. The van der Waals surface area contributed by atoms with E-state index in [-0.39, 0.29) is 0 Å². The molecule has 0 aromatic rings.